The van der Waals surface area contributed by atoms with E-state index >= 15 is 0 Å². The third-order valence-corrected chi connectivity index (χ3v) is 11.2. The molecule has 0 fully saturated rings. The number of pyridine rings is 2. The highest BCUT2D eigenvalue weighted by molar-refractivity contribution is 5.89. The fraction of sp³-hybridized carbons (Fsp3) is 0.587. The molecule has 306 valence electrons. The molecule has 0 aliphatic carbocycles. The maximum Gasteiger partial charge on any atom is 0.513 e. The lowest BCUT2D eigenvalue weighted by molar-refractivity contribution is -0.00925. The van der Waals surface area contributed by atoms with Crippen molar-refractivity contribution in [3.63, 3.8) is 0 Å². The number of aromatic nitrogens is 2. The van der Waals surface area contributed by atoms with E-state index in [4.69, 9.17) is 23.7 Å². The van der Waals surface area contributed by atoms with Crippen molar-refractivity contribution >= 4 is 18.1 Å². The SMILES string of the molecule is Cc1c(C)c2c(c(C)c1OC(=O)OCCC(COC(=O)c1cccnc1)OC(=O)c1cccnc1)CCC(C)(CCCC(C)CCCC(C)CCCC(C)C)O2. The largest absolute Gasteiger partial charge is 0.513 e. The molecule has 1 aromatic carbocycles. The molecule has 4 atom stereocenters. The Morgan fingerprint density at radius 2 is 1.38 bits per heavy atom. The fourth-order valence-corrected chi connectivity index (χ4v) is 7.41. The number of hydrogen-bond donors (Lipinski definition) is 0. The van der Waals surface area contributed by atoms with E-state index in [0.717, 1.165) is 65.5 Å². The monoisotopic (exact) mass is 772 g/mol. The van der Waals surface area contributed by atoms with E-state index in [0.29, 0.717) is 11.7 Å². The number of rotatable bonds is 21. The van der Waals surface area contributed by atoms with Gasteiger partial charge in [0.25, 0.3) is 0 Å². The normalized spacial score (nSPS) is 16.6. The van der Waals surface area contributed by atoms with Crippen molar-refractivity contribution in [1.29, 1.82) is 0 Å². The third-order valence-electron chi connectivity index (χ3n) is 11.2. The van der Waals surface area contributed by atoms with Crippen molar-refractivity contribution in [2.75, 3.05) is 13.2 Å². The van der Waals surface area contributed by atoms with Crippen LogP contribution in [-0.4, -0.2) is 53.0 Å². The van der Waals surface area contributed by atoms with Gasteiger partial charge in [-0.2, -0.15) is 0 Å². The van der Waals surface area contributed by atoms with Gasteiger partial charge in [0.15, 0.2) is 0 Å². The zero-order valence-corrected chi connectivity index (χ0v) is 35.0. The first kappa shape index (κ1) is 44.2. The number of hydrogen-bond acceptors (Lipinski definition) is 10. The van der Waals surface area contributed by atoms with E-state index in [2.05, 4.69) is 44.6 Å². The Balaban J connectivity index is 1.28. The summed E-state index contributed by atoms with van der Waals surface area (Å²) < 4.78 is 29.1. The van der Waals surface area contributed by atoms with E-state index in [1.54, 1.807) is 36.7 Å². The van der Waals surface area contributed by atoms with Gasteiger partial charge < -0.3 is 23.7 Å². The van der Waals surface area contributed by atoms with Crippen molar-refractivity contribution in [3.05, 3.63) is 82.4 Å². The Morgan fingerprint density at radius 3 is 1.98 bits per heavy atom. The number of esters is 2. The minimum atomic E-state index is -0.904. The number of nitrogens with zero attached hydrogens (tertiary/aromatic N) is 2. The van der Waals surface area contributed by atoms with Crippen LogP contribution in [0.5, 0.6) is 11.5 Å². The highest BCUT2D eigenvalue weighted by Gasteiger charge is 2.35. The molecule has 3 aromatic rings. The molecule has 1 aliphatic heterocycles. The lowest BCUT2D eigenvalue weighted by atomic mass is 9.83. The maximum absolute atomic E-state index is 13.0. The first-order valence-electron chi connectivity index (χ1n) is 20.6. The fourth-order valence-electron chi connectivity index (χ4n) is 7.41. The number of benzene rings is 1. The van der Waals surface area contributed by atoms with Crippen LogP contribution in [0.3, 0.4) is 0 Å². The van der Waals surface area contributed by atoms with E-state index in [1.807, 2.05) is 20.8 Å². The summed E-state index contributed by atoms with van der Waals surface area (Å²) in [5, 5.41) is 0. The van der Waals surface area contributed by atoms with Crippen LogP contribution in [0.2, 0.25) is 0 Å². The van der Waals surface area contributed by atoms with E-state index < -0.39 is 24.2 Å². The summed E-state index contributed by atoms with van der Waals surface area (Å²) in [5.74, 6) is 2.43. The lowest BCUT2D eigenvalue weighted by Gasteiger charge is -2.38. The molecule has 3 heterocycles. The number of fused-ring (bicyclic) bond motifs is 1. The second-order valence-corrected chi connectivity index (χ2v) is 16.5. The minimum absolute atomic E-state index is 0.0611. The van der Waals surface area contributed by atoms with Crippen molar-refractivity contribution in [2.24, 2.45) is 17.8 Å². The summed E-state index contributed by atoms with van der Waals surface area (Å²) in [7, 11) is 0. The molecule has 4 rings (SSSR count). The highest BCUT2D eigenvalue weighted by Crippen LogP contribution is 2.45. The maximum atomic E-state index is 13.0. The Labute approximate surface area is 334 Å². The van der Waals surface area contributed by atoms with Crippen LogP contribution in [-0.2, 0) is 20.6 Å². The quantitative estimate of drug-likeness (QED) is 0.0587. The van der Waals surface area contributed by atoms with Gasteiger partial charge in [0.1, 0.15) is 29.8 Å². The number of carbonyl (C=O) groups is 3. The van der Waals surface area contributed by atoms with Crippen molar-refractivity contribution < 1.29 is 38.1 Å². The summed E-state index contributed by atoms with van der Waals surface area (Å²) in [6.45, 7) is 17.2. The molecule has 2 aromatic heterocycles. The molecule has 56 heavy (non-hydrogen) atoms. The van der Waals surface area contributed by atoms with Gasteiger partial charge in [-0.3, -0.25) is 9.97 Å². The molecular weight excluding hydrogens is 709 g/mol. The molecule has 10 heteroatoms. The van der Waals surface area contributed by atoms with Crippen LogP contribution in [0.1, 0.15) is 148 Å². The van der Waals surface area contributed by atoms with Crippen molar-refractivity contribution in [2.45, 2.75) is 144 Å². The number of carbonyl (C=O) groups excluding carboxylic acids is 3. The lowest BCUT2D eigenvalue weighted by Crippen LogP contribution is -2.37. The summed E-state index contributed by atoms with van der Waals surface area (Å²) in [4.78, 5) is 46.3. The van der Waals surface area contributed by atoms with Crippen LogP contribution < -0.4 is 9.47 Å². The predicted octanol–water partition coefficient (Wildman–Crippen LogP) is 10.9. The number of ether oxygens (including phenoxy) is 5. The molecule has 4 unspecified atom stereocenters. The molecule has 0 radical (unpaired) electrons. The summed E-state index contributed by atoms with van der Waals surface area (Å²) in [6, 6.07) is 6.38. The molecule has 0 saturated carbocycles. The summed E-state index contributed by atoms with van der Waals surface area (Å²) in [5.41, 5.74) is 3.94. The average molecular weight is 773 g/mol. The topological polar surface area (TPSA) is 123 Å². The Hall–Kier alpha value is -4.47. The zero-order valence-electron chi connectivity index (χ0n) is 35.0. The Morgan fingerprint density at radius 1 is 0.768 bits per heavy atom. The van der Waals surface area contributed by atoms with Crippen LogP contribution in [0.4, 0.5) is 4.79 Å². The van der Waals surface area contributed by atoms with Crippen molar-refractivity contribution in [1.82, 2.24) is 9.97 Å². The smallest absolute Gasteiger partial charge is 0.487 e. The van der Waals surface area contributed by atoms with Crippen LogP contribution >= 0.6 is 0 Å². The zero-order chi connectivity index (χ0) is 40.7. The molecular formula is C46H64N2O8. The molecule has 0 spiro atoms. The van der Waals surface area contributed by atoms with Gasteiger partial charge in [-0.05, 0) is 112 Å². The molecule has 0 bridgehead atoms. The van der Waals surface area contributed by atoms with Gasteiger partial charge in [0.2, 0.25) is 0 Å². The van der Waals surface area contributed by atoms with E-state index in [1.165, 1.54) is 57.3 Å². The third kappa shape index (κ3) is 13.6. The first-order valence-corrected chi connectivity index (χ1v) is 20.6. The van der Waals surface area contributed by atoms with Crippen LogP contribution in [0.25, 0.3) is 0 Å². The van der Waals surface area contributed by atoms with Crippen LogP contribution in [0.15, 0.2) is 49.1 Å². The second-order valence-electron chi connectivity index (χ2n) is 16.5. The minimum Gasteiger partial charge on any atom is -0.487 e. The van der Waals surface area contributed by atoms with E-state index in [-0.39, 0.29) is 36.4 Å². The highest BCUT2D eigenvalue weighted by atomic mass is 16.7. The van der Waals surface area contributed by atoms with Gasteiger partial charge in [-0.15, -0.1) is 0 Å². The van der Waals surface area contributed by atoms with Gasteiger partial charge in [0.05, 0.1) is 17.7 Å². The molecule has 10 nitrogen and oxygen atoms in total. The Bertz CT molecular complexity index is 1710. The molecule has 1 aliphatic rings. The van der Waals surface area contributed by atoms with Gasteiger partial charge >= 0.3 is 18.1 Å². The summed E-state index contributed by atoms with van der Waals surface area (Å²) in [6.07, 6.45) is 17.2. The van der Waals surface area contributed by atoms with Crippen molar-refractivity contribution in [3.8, 4) is 11.5 Å². The Kier molecular flexibility index (Phi) is 17.2. The first-order chi connectivity index (χ1) is 26.8. The standard InChI is InChI=1S/C46H64N2O8/c1-31(2)14-9-15-32(3)16-10-17-33(4)18-11-23-46(8)24-21-40-36(7)41(34(5)35(6)42(40)56-46)55-45(51)52-27-22-39(54-44(50)38-20-13-26-48-29-38)30-53-43(49)37-19-12-25-47-28-37/h12-13,19-20,25-26,28-29,31-33,39H,9-11,14-18,21-24,27,30H2,1-8H3. The second kappa shape index (κ2) is 21.7. The molecule has 0 saturated heterocycles. The average Bonchev–Trinajstić information content (AvgIpc) is 3.18. The van der Waals surface area contributed by atoms with Gasteiger partial charge in [-0.1, -0.05) is 72.6 Å². The molecule has 0 N–H and O–H groups in total. The summed E-state index contributed by atoms with van der Waals surface area (Å²) >= 11 is 0. The predicted molar refractivity (Wildman–Crippen MR) is 217 cm³/mol. The van der Waals surface area contributed by atoms with E-state index in [9.17, 15) is 14.4 Å². The van der Waals surface area contributed by atoms with Gasteiger partial charge in [-0.25, -0.2) is 14.4 Å². The van der Waals surface area contributed by atoms with Crippen LogP contribution in [0, 0.1) is 38.5 Å². The molecule has 0 amide bonds. The van der Waals surface area contributed by atoms with Gasteiger partial charge in [0, 0.05) is 36.8 Å².